The molecule has 2 aromatic carbocycles. The Kier molecular flexibility index (Phi) is 5.35. The molecular weight excluding hydrogens is 385 g/mol. The molecule has 0 amide bonds. The number of likely N-dealkylation sites (N-methyl/N-ethyl adjacent to an activating group) is 1. The van der Waals surface area contributed by atoms with Crippen molar-refractivity contribution in [1.29, 1.82) is 0 Å². The summed E-state index contributed by atoms with van der Waals surface area (Å²) in [5.41, 5.74) is 3.07. The van der Waals surface area contributed by atoms with E-state index in [1.54, 1.807) is 6.07 Å². The fraction of sp³-hybridized carbons (Fsp3) is 0.250. The summed E-state index contributed by atoms with van der Waals surface area (Å²) < 4.78 is 15.9. The minimum absolute atomic E-state index is 0.0799. The van der Waals surface area contributed by atoms with Crippen molar-refractivity contribution < 1.29 is 4.39 Å². The third-order valence-corrected chi connectivity index (χ3v) is 4.82. The first-order valence-electron chi connectivity index (χ1n) is 6.39. The highest BCUT2D eigenvalue weighted by Gasteiger charge is 2.16. The monoisotopic (exact) mass is 399 g/mol. The Morgan fingerprint density at radius 2 is 1.95 bits per heavy atom. The molecule has 2 aromatic rings. The van der Waals surface area contributed by atoms with Crippen LogP contribution in [-0.2, 0) is 6.42 Å². The summed E-state index contributed by atoms with van der Waals surface area (Å²) in [6.45, 7) is 2.07. The van der Waals surface area contributed by atoms with Gasteiger partial charge in [-0.15, -0.1) is 0 Å². The molecule has 0 radical (unpaired) electrons. The van der Waals surface area contributed by atoms with E-state index in [1.165, 1.54) is 17.2 Å². The van der Waals surface area contributed by atoms with Crippen LogP contribution in [0.4, 0.5) is 4.39 Å². The number of hydrogen-bond acceptors (Lipinski definition) is 1. The zero-order valence-electron chi connectivity index (χ0n) is 11.4. The van der Waals surface area contributed by atoms with Crippen LogP contribution in [0, 0.1) is 12.7 Å². The molecule has 20 heavy (non-hydrogen) atoms. The van der Waals surface area contributed by atoms with E-state index < -0.39 is 0 Å². The van der Waals surface area contributed by atoms with Gasteiger partial charge in [-0.2, -0.15) is 0 Å². The van der Waals surface area contributed by atoms with Crippen LogP contribution in [0.3, 0.4) is 0 Å². The third kappa shape index (κ3) is 3.48. The van der Waals surface area contributed by atoms with Gasteiger partial charge in [0.25, 0.3) is 0 Å². The fourth-order valence-electron chi connectivity index (χ4n) is 2.29. The lowest BCUT2D eigenvalue weighted by Crippen LogP contribution is -2.20. The van der Waals surface area contributed by atoms with E-state index in [0.717, 1.165) is 8.95 Å². The van der Waals surface area contributed by atoms with Gasteiger partial charge in [-0.25, -0.2) is 4.39 Å². The highest BCUT2D eigenvalue weighted by molar-refractivity contribution is 9.10. The molecule has 1 nitrogen and oxygen atoms in total. The molecule has 106 valence electrons. The second-order valence-electron chi connectivity index (χ2n) is 4.74. The van der Waals surface area contributed by atoms with Crippen LogP contribution in [-0.4, -0.2) is 7.05 Å². The zero-order chi connectivity index (χ0) is 14.7. The van der Waals surface area contributed by atoms with Gasteiger partial charge in [-0.3, -0.25) is 0 Å². The summed E-state index contributed by atoms with van der Waals surface area (Å²) >= 11 is 6.94. The minimum Gasteiger partial charge on any atom is -0.313 e. The predicted molar refractivity (Wildman–Crippen MR) is 88.5 cm³/mol. The molecule has 0 spiro atoms. The molecule has 0 aromatic heterocycles. The average molecular weight is 401 g/mol. The van der Waals surface area contributed by atoms with Crippen LogP contribution in [0.1, 0.15) is 22.7 Å². The average Bonchev–Trinajstić information content (AvgIpc) is 2.43. The second-order valence-corrected chi connectivity index (χ2v) is 6.51. The molecule has 0 aliphatic rings. The Morgan fingerprint density at radius 1 is 1.20 bits per heavy atom. The van der Waals surface area contributed by atoms with Gasteiger partial charge in [0.15, 0.2) is 0 Å². The smallest absolute Gasteiger partial charge is 0.126 e. The van der Waals surface area contributed by atoms with Crippen molar-refractivity contribution in [3.8, 4) is 0 Å². The summed E-state index contributed by atoms with van der Waals surface area (Å²) in [6.07, 6.45) is 0.610. The summed E-state index contributed by atoms with van der Waals surface area (Å²) in [5, 5.41) is 3.28. The molecule has 0 heterocycles. The Balaban J connectivity index is 2.34. The van der Waals surface area contributed by atoms with Crippen molar-refractivity contribution in [3.05, 3.63) is 67.9 Å². The van der Waals surface area contributed by atoms with E-state index in [4.69, 9.17) is 0 Å². The summed E-state index contributed by atoms with van der Waals surface area (Å²) in [4.78, 5) is 0. The van der Waals surface area contributed by atoms with Gasteiger partial charge < -0.3 is 5.32 Å². The first-order valence-corrected chi connectivity index (χ1v) is 7.97. The number of hydrogen-bond donors (Lipinski definition) is 1. The molecule has 0 aliphatic heterocycles. The Hall–Kier alpha value is -0.710. The van der Waals surface area contributed by atoms with Gasteiger partial charge in [-0.05, 0) is 61.3 Å². The minimum atomic E-state index is -0.166. The van der Waals surface area contributed by atoms with Crippen molar-refractivity contribution in [2.24, 2.45) is 0 Å². The molecule has 0 saturated carbocycles. The number of halogens is 3. The summed E-state index contributed by atoms with van der Waals surface area (Å²) in [5.74, 6) is -0.166. The lowest BCUT2D eigenvalue weighted by molar-refractivity contribution is 0.552. The molecule has 1 N–H and O–H groups in total. The quantitative estimate of drug-likeness (QED) is 0.747. The number of benzene rings is 2. The van der Waals surface area contributed by atoms with Gasteiger partial charge in [0, 0.05) is 15.0 Å². The van der Waals surface area contributed by atoms with Gasteiger partial charge in [0.2, 0.25) is 0 Å². The van der Waals surface area contributed by atoms with E-state index in [0.29, 0.717) is 12.0 Å². The van der Waals surface area contributed by atoms with Gasteiger partial charge >= 0.3 is 0 Å². The van der Waals surface area contributed by atoms with Crippen LogP contribution in [0.5, 0.6) is 0 Å². The van der Waals surface area contributed by atoms with Crippen molar-refractivity contribution in [2.45, 2.75) is 19.4 Å². The molecule has 2 rings (SSSR count). The highest BCUT2D eigenvalue weighted by atomic mass is 79.9. The normalized spacial score (nSPS) is 12.4. The van der Waals surface area contributed by atoms with Crippen molar-refractivity contribution in [3.63, 3.8) is 0 Å². The van der Waals surface area contributed by atoms with Crippen LogP contribution >= 0.6 is 31.9 Å². The molecule has 0 saturated heterocycles. The van der Waals surface area contributed by atoms with Crippen LogP contribution in [0.15, 0.2) is 45.3 Å². The fourth-order valence-corrected chi connectivity index (χ4v) is 3.08. The van der Waals surface area contributed by atoms with E-state index >= 15 is 0 Å². The standard InChI is InChI=1S/C16H16Br2FN/c1-10-13(4-3-5-14(10)18)16(20-2)9-11-8-12(17)6-7-15(11)19/h3-8,16,20H,9H2,1-2H3. The topological polar surface area (TPSA) is 12.0 Å². The predicted octanol–water partition coefficient (Wildman–Crippen LogP) is 5.16. The number of nitrogens with one attached hydrogen (secondary N) is 1. The summed E-state index contributed by atoms with van der Waals surface area (Å²) in [6, 6.07) is 11.2. The molecule has 0 aliphatic carbocycles. The Morgan fingerprint density at radius 3 is 2.65 bits per heavy atom. The number of rotatable bonds is 4. The van der Waals surface area contributed by atoms with Crippen molar-refractivity contribution in [2.75, 3.05) is 7.05 Å². The lowest BCUT2D eigenvalue weighted by atomic mass is 9.95. The Bertz CT molecular complexity index is 613. The zero-order valence-corrected chi connectivity index (χ0v) is 14.6. The second kappa shape index (κ2) is 6.83. The van der Waals surface area contributed by atoms with E-state index in [1.807, 2.05) is 25.2 Å². The maximum absolute atomic E-state index is 13.9. The molecule has 0 bridgehead atoms. The maximum atomic E-state index is 13.9. The van der Waals surface area contributed by atoms with E-state index in [9.17, 15) is 4.39 Å². The van der Waals surface area contributed by atoms with Crippen LogP contribution in [0.2, 0.25) is 0 Å². The van der Waals surface area contributed by atoms with Crippen molar-refractivity contribution >= 4 is 31.9 Å². The van der Waals surface area contributed by atoms with Gasteiger partial charge in [0.05, 0.1) is 0 Å². The van der Waals surface area contributed by atoms with Crippen LogP contribution < -0.4 is 5.32 Å². The van der Waals surface area contributed by atoms with Gasteiger partial charge in [0.1, 0.15) is 5.82 Å². The molecule has 4 heteroatoms. The van der Waals surface area contributed by atoms with Gasteiger partial charge in [-0.1, -0.05) is 44.0 Å². The van der Waals surface area contributed by atoms with Crippen molar-refractivity contribution in [1.82, 2.24) is 5.32 Å². The van der Waals surface area contributed by atoms with Crippen LogP contribution in [0.25, 0.3) is 0 Å². The maximum Gasteiger partial charge on any atom is 0.126 e. The molecule has 1 atom stereocenters. The highest BCUT2D eigenvalue weighted by Crippen LogP contribution is 2.28. The van der Waals surface area contributed by atoms with E-state index in [-0.39, 0.29) is 11.9 Å². The molecule has 1 unspecified atom stereocenters. The SMILES string of the molecule is CNC(Cc1cc(Br)ccc1F)c1cccc(Br)c1C. The third-order valence-electron chi connectivity index (χ3n) is 3.47. The largest absolute Gasteiger partial charge is 0.313 e. The van der Waals surface area contributed by atoms with E-state index in [2.05, 4.69) is 50.2 Å². The Labute approximate surface area is 135 Å². The first-order chi connectivity index (χ1) is 9.52. The molecule has 0 fully saturated rings. The first kappa shape index (κ1) is 15.7. The lowest BCUT2D eigenvalue weighted by Gasteiger charge is -2.20. The molecular formula is C16H16Br2FN. The summed E-state index contributed by atoms with van der Waals surface area (Å²) in [7, 11) is 1.90.